The molecule has 0 amide bonds. The van der Waals surface area contributed by atoms with Gasteiger partial charge in [0.1, 0.15) is 4.33 Å². The zero-order valence-electron chi connectivity index (χ0n) is 8.58. The Balaban J connectivity index is 1.89. The average molecular weight is 255 g/mol. The molecule has 1 aliphatic carbocycles. The van der Waals surface area contributed by atoms with Gasteiger partial charge in [0.25, 0.3) is 0 Å². The van der Waals surface area contributed by atoms with Gasteiger partial charge >= 0.3 is 0 Å². The molecule has 0 heterocycles. The second-order valence-corrected chi connectivity index (χ2v) is 5.12. The lowest BCUT2D eigenvalue weighted by atomic mass is 10.1. The van der Waals surface area contributed by atoms with Gasteiger partial charge in [0.15, 0.2) is 0 Å². The van der Waals surface area contributed by atoms with Crippen molar-refractivity contribution in [2.75, 3.05) is 5.43 Å². The minimum absolute atomic E-state index is 0.603. The number of allylic oxidation sites excluding steroid dienone is 3. The van der Waals surface area contributed by atoms with Crippen LogP contribution in [0.2, 0.25) is 0 Å². The van der Waals surface area contributed by atoms with E-state index in [4.69, 9.17) is 23.2 Å². The Morgan fingerprint density at radius 1 is 1.06 bits per heavy atom. The largest absolute Gasteiger partial charge is 0.301 e. The third-order valence-electron chi connectivity index (χ3n) is 2.23. The molecule has 0 aliphatic heterocycles. The molecule has 0 radical (unpaired) electrons. The molecular formula is C12H12Cl2N2. The molecule has 0 bridgehead atoms. The van der Waals surface area contributed by atoms with Gasteiger partial charge in [-0.15, -0.1) is 0 Å². The molecule has 84 valence electrons. The molecule has 0 spiro atoms. The number of hydrogen-bond donors (Lipinski definition) is 2. The van der Waals surface area contributed by atoms with Crippen LogP contribution >= 0.6 is 23.2 Å². The lowest BCUT2D eigenvalue weighted by Crippen LogP contribution is -2.23. The molecule has 0 fully saturated rings. The molecule has 0 saturated heterocycles. The smallest absolute Gasteiger partial charge is 0.140 e. The van der Waals surface area contributed by atoms with Crippen molar-refractivity contribution in [1.29, 1.82) is 0 Å². The Kier molecular flexibility index (Phi) is 3.42. The number of anilines is 1. The molecule has 1 aromatic carbocycles. The third-order valence-corrected chi connectivity index (χ3v) is 2.79. The van der Waals surface area contributed by atoms with Crippen LogP contribution in [-0.2, 0) is 0 Å². The highest BCUT2D eigenvalue weighted by Gasteiger charge is 2.21. The zero-order valence-corrected chi connectivity index (χ0v) is 10.1. The lowest BCUT2D eigenvalue weighted by Gasteiger charge is -2.19. The Hall–Kier alpha value is -1.12. The first kappa shape index (κ1) is 11.4. The Bertz CT molecular complexity index is 410. The average Bonchev–Trinajstić information content (AvgIpc) is 2.29. The van der Waals surface area contributed by atoms with Crippen LogP contribution < -0.4 is 10.9 Å². The summed E-state index contributed by atoms with van der Waals surface area (Å²) in [5, 5.41) is 0. The van der Waals surface area contributed by atoms with Crippen molar-refractivity contribution in [2.24, 2.45) is 0 Å². The van der Waals surface area contributed by atoms with Gasteiger partial charge in [-0.1, -0.05) is 47.5 Å². The monoisotopic (exact) mass is 254 g/mol. The van der Waals surface area contributed by atoms with Gasteiger partial charge in [-0.05, 0) is 24.3 Å². The van der Waals surface area contributed by atoms with E-state index < -0.39 is 4.33 Å². The first-order valence-electron chi connectivity index (χ1n) is 5.00. The van der Waals surface area contributed by atoms with E-state index in [1.54, 1.807) is 6.08 Å². The first-order valence-corrected chi connectivity index (χ1v) is 5.76. The second-order valence-electron chi connectivity index (χ2n) is 3.57. The Labute approximate surface area is 105 Å². The van der Waals surface area contributed by atoms with E-state index in [2.05, 4.69) is 10.9 Å². The summed E-state index contributed by atoms with van der Waals surface area (Å²) in [5.74, 6) is 0. The normalized spacial score (nSPS) is 17.8. The van der Waals surface area contributed by atoms with Gasteiger partial charge in [-0.25, -0.2) is 0 Å². The number of alkyl halides is 2. The molecule has 1 aromatic rings. The second kappa shape index (κ2) is 4.81. The summed E-state index contributed by atoms with van der Waals surface area (Å²) < 4.78 is -0.766. The number of para-hydroxylation sites is 1. The van der Waals surface area contributed by atoms with E-state index in [1.807, 2.05) is 42.5 Å². The summed E-state index contributed by atoms with van der Waals surface area (Å²) >= 11 is 11.9. The molecule has 2 nitrogen and oxygen atoms in total. The summed E-state index contributed by atoms with van der Waals surface area (Å²) in [5.41, 5.74) is 8.13. The maximum atomic E-state index is 5.94. The van der Waals surface area contributed by atoms with E-state index in [0.717, 1.165) is 11.4 Å². The fourth-order valence-electron chi connectivity index (χ4n) is 1.35. The van der Waals surface area contributed by atoms with Gasteiger partial charge < -0.3 is 10.9 Å². The maximum absolute atomic E-state index is 5.94. The predicted molar refractivity (Wildman–Crippen MR) is 69.5 cm³/mol. The molecule has 2 N–H and O–H groups in total. The highest BCUT2D eigenvalue weighted by Crippen LogP contribution is 2.31. The Morgan fingerprint density at radius 3 is 2.44 bits per heavy atom. The van der Waals surface area contributed by atoms with E-state index in [1.165, 1.54) is 0 Å². The molecule has 4 heteroatoms. The molecule has 0 aromatic heterocycles. The zero-order chi connectivity index (χ0) is 11.4. The SMILES string of the molecule is ClC1(Cl)C=CC(NNc2ccccc2)=CC1. The lowest BCUT2D eigenvalue weighted by molar-refractivity contribution is 0.894. The van der Waals surface area contributed by atoms with Crippen LogP contribution in [0.5, 0.6) is 0 Å². The summed E-state index contributed by atoms with van der Waals surface area (Å²) in [6.07, 6.45) is 6.19. The van der Waals surface area contributed by atoms with Crippen molar-refractivity contribution in [3.05, 3.63) is 54.3 Å². The van der Waals surface area contributed by atoms with Crippen molar-refractivity contribution in [3.8, 4) is 0 Å². The quantitative estimate of drug-likeness (QED) is 0.636. The van der Waals surface area contributed by atoms with Crippen LogP contribution in [0.4, 0.5) is 5.69 Å². The number of benzene rings is 1. The minimum Gasteiger partial charge on any atom is -0.301 e. The molecule has 1 aliphatic rings. The van der Waals surface area contributed by atoms with Crippen LogP contribution in [0.1, 0.15) is 6.42 Å². The predicted octanol–water partition coefficient (Wildman–Crippen LogP) is 3.62. The van der Waals surface area contributed by atoms with Crippen LogP contribution in [0, 0.1) is 0 Å². The van der Waals surface area contributed by atoms with Crippen molar-refractivity contribution in [2.45, 2.75) is 10.8 Å². The Morgan fingerprint density at radius 2 is 1.81 bits per heavy atom. The summed E-state index contributed by atoms with van der Waals surface area (Å²) in [6.45, 7) is 0. The molecule has 16 heavy (non-hydrogen) atoms. The summed E-state index contributed by atoms with van der Waals surface area (Å²) in [6, 6.07) is 9.87. The number of halogens is 2. The van der Waals surface area contributed by atoms with Gasteiger partial charge in [-0.3, -0.25) is 0 Å². The van der Waals surface area contributed by atoms with Crippen LogP contribution in [-0.4, -0.2) is 4.33 Å². The number of hydrogen-bond acceptors (Lipinski definition) is 2. The number of hydrazine groups is 1. The van der Waals surface area contributed by atoms with Gasteiger partial charge in [-0.2, -0.15) is 0 Å². The summed E-state index contributed by atoms with van der Waals surface area (Å²) in [7, 11) is 0. The van der Waals surface area contributed by atoms with Crippen molar-refractivity contribution < 1.29 is 0 Å². The van der Waals surface area contributed by atoms with Crippen LogP contribution in [0.15, 0.2) is 54.3 Å². The number of rotatable bonds is 3. The number of nitrogens with one attached hydrogen (secondary N) is 2. The van der Waals surface area contributed by atoms with E-state index >= 15 is 0 Å². The molecule has 0 saturated carbocycles. The highest BCUT2D eigenvalue weighted by atomic mass is 35.5. The van der Waals surface area contributed by atoms with E-state index in [9.17, 15) is 0 Å². The molecule has 0 unspecified atom stereocenters. The fourth-order valence-corrected chi connectivity index (χ4v) is 1.63. The van der Waals surface area contributed by atoms with Gasteiger partial charge in [0, 0.05) is 12.1 Å². The standard InChI is InChI=1S/C12H12Cl2N2/c13-12(14)8-6-11(7-9-12)16-15-10-4-2-1-3-5-10/h1-8,15-16H,9H2. The minimum atomic E-state index is -0.766. The van der Waals surface area contributed by atoms with Crippen LogP contribution in [0.25, 0.3) is 0 Å². The highest BCUT2D eigenvalue weighted by molar-refractivity contribution is 6.50. The topological polar surface area (TPSA) is 24.1 Å². The molecule has 2 rings (SSSR count). The maximum Gasteiger partial charge on any atom is 0.140 e. The first-order chi connectivity index (χ1) is 7.66. The molecular weight excluding hydrogens is 243 g/mol. The van der Waals surface area contributed by atoms with Gasteiger partial charge in [0.2, 0.25) is 0 Å². The van der Waals surface area contributed by atoms with Crippen LogP contribution in [0.3, 0.4) is 0 Å². The van der Waals surface area contributed by atoms with E-state index in [0.29, 0.717) is 6.42 Å². The van der Waals surface area contributed by atoms with E-state index in [-0.39, 0.29) is 0 Å². The van der Waals surface area contributed by atoms with Crippen molar-refractivity contribution >= 4 is 28.9 Å². The molecule has 0 atom stereocenters. The van der Waals surface area contributed by atoms with Crippen molar-refractivity contribution in [1.82, 2.24) is 5.43 Å². The van der Waals surface area contributed by atoms with Gasteiger partial charge in [0.05, 0.1) is 5.69 Å². The summed E-state index contributed by atoms with van der Waals surface area (Å²) in [4.78, 5) is 0. The van der Waals surface area contributed by atoms with Crippen molar-refractivity contribution in [3.63, 3.8) is 0 Å². The fraction of sp³-hybridized carbons (Fsp3) is 0.167. The third kappa shape index (κ3) is 3.19.